The van der Waals surface area contributed by atoms with Crippen LogP contribution in [0.15, 0.2) is 53.5 Å². The number of carbonyl (C=O) groups excluding carboxylic acids is 1. The number of thioether (sulfide) groups is 1. The number of fused-ring (bicyclic) bond motifs is 1. The molecule has 2 aliphatic rings. The lowest BCUT2D eigenvalue weighted by atomic mass is 10.1. The van der Waals surface area contributed by atoms with Crippen LogP contribution >= 0.6 is 23.4 Å². The molecule has 0 bridgehead atoms. The molecule has 0 spiro atoms. The van der Waals surface area contributed by atoms with Crippen molar-refractivity contribution >= 4 is 50.0 Å². The van der Waals surface area contributed by atoms with Crippen molar-refractivity contribution in [3.8, 4) is 0 Å². The fraction of sp³-hybridized carbons (Fsp3) is 0.263. The van der Waals surface area contributed by atoms with E-state index in [9.17, 15) is 17.6 Å². The minimum Gasteiger partial charge on any atom is -0.316 e. The lowest BCUT2D eigenvalue weighted by Gasteiger charge is -2.24. The van der Waals surface area contributed by atoms with Gasteiger partial charge in [0.2, 0.25) is 0 Å². The van der Waals surface area contributed by atoms with Crippen molar-refractivity contribution in [1.82, 2.24) is 0 Å². The summed E-state index contributed by atoms with van der Waals surface area (Å²) in [6.07, 6.45) is 0.0502. The van der Waals surface area contributed by atoms with E-state index in [0.717, 1.165) is 0 Å². The Morgan fingerprint density at radius 2 is 1.89 bits per heavy atom. The second kappa shape index (κ2) is 7.50. The molecule has 28 heavy (non-hydrogen) atoms. The van der Waals surface area contributed by atoms with Crippen LogP contribution in [0, 0.1) is 5.82 Å². The van der Waals surface area contributed by atoms with Gasteiger partial charge in [-0.15, -0.1) is 0 Å². The number of hydrogen-bond donors (Lipinski definition) is 0. The van der Waals surface area contributed by atoms with E-state index >= 15 is 0 Å². The van der Waals surface area contributed by atoms with E-state index in [0.29, 0.717) is 21.4 Å². The predicted octanol–water partition coefficient (Wildman–Crippen LogP) is 3.32. The number of carbonyl (C=O) groups is 1. The van der Waals surface area contributed by atoms with Gasteiger partial charge in [-0.2, -0.15) is 4.99 Å². The van der Waals surface area contributed by atoms with Crippen molar-refractivity contribution in [1.29, 1.82) is 0 Å². The Balaban J connectivity index is 1.65. The Hall–Kier alpha value is -1.90. The highest BCUT2D eigenvalue weighted by molar-refractivity contribution is 8.16. The van der Waals surface area contributed by atoms with Gasteiger partial charge in [-0.25, -0.2) is 12.8 Å². The highest BCUT2D eigenvalue weighted by atomic mass is 35.5. The van der Waals surface area contributed by atoms with Gasteiger partial charge in [0, 0.05) is 16.0 Å². The van der Waals surface area contributed by atoms with E-state index in [-0.39, 0.29) is 40.9 Å². The smallest absolute Gasteiger partial charge is 0.252 e. The second-order valence-electron chi connectivity index (χ2n) is 6.70. The quantitative estimate of drug-likeness (QED) is 0.735. The number of sulfone groups is 1. The zero-order valence-electron chi connectivity index (χ0n) is 14.6. The third kappa shape index (κ3) is 3.94. The van der Waals surface area contributed by atoms with Gasteiger partial charge in [-0.05, 0) is 35.9 Å². The van der Waals surface area contributed by atoms with Crippen molar-refractivity contribution in [2.24, 2.45) is 4.99 Å². The normalized spacial score (nSPS) is 24.5. The van der Waals surface area contributed by atoms with Gasteiger partial charge >= 0.3 is 0 Å². The molecule has 146 valence electrons. The first-order valence-corrected chi connectivity index (χ1v) is 11.7. The molecule has 9 heteroatoms. The first-order chi connectivity index (χ1) is 13.3. The Morgan fingerprint density at radius 1 is 1.18 bits per heavy atom. The van der Waals surface area contributed by atoms with Gasteiger partial charge in [-0.3, -0.25) is 4.79 Å². The van der Waals surface area contributed by atoms with Crippen LogP contribution in [-0.2, 0) is 21.1 Å². The highest BCUT2D eigenvalue weighted by Gasteiger charge is 2.49. The number of amides is 1. The summed E-state index contributed by atoms with van der Waals surface area (Å²) < 4.78 is 37.5. The van der Waals surface area contributed by atoms with Crippen LogP contribution in [0.3, 0.4) is 0 Å². The van der Waals surface area contributed by atoms with E-state index in [2.05, 4.69) is 4.99 Å². The lowest BCUT2D eigenvalue weighted by molar-refractivity contribution is -0.117. The molecule has 0 unspecified atom stereocenters. The summed E-state index contributed by atoms with van der Waals surface area (Å²) in [7, 11) is -3.15. The van der Waals surface area contributed by atoms with Gasteiger partial charge in [0.05, 0.1) is 24.0 Å². The predicted molar refractivity (Wildman–Crippen MR) is 110 cm³/mol. The Labute approximate surface area is 171 Å². The molecule has 0 aliphatic carbocycles. The van der Waals surface area contributed by atoms with Crippen molar-refractivity contribution in [2.75, 3.05) is 16.4 Å². The minimum absolute atomic E-state index is 0.0141. The molecule has 2 saturated heterocycles. The number of rotatable bonds is 3. The van der Waals surface area contributed by atoms with E-state index in [4.69, 9.17) is 11.6 Å². The summed E-state index contributed by atoms with van der Waals surface area (Å²) in [5, 5.41) is 0.726. The monoisotopic (exact) mass is 438 g/mol. The molecule has 2 heterocycles. The number of aliphatic imine (C=N–C) groups is 1. The summed E-state index contributed by atoms with van der Waals surface area (Å²) in [6.45, 7) is 0. The number of anilines is 1. The molecule has 1 amide bonds. The fourth-order valence-electron chi connectivity index (χ4n) is 3.42. The molecule has 4 rings (SSSR count). The summed E-state index contributed by atoms with van der Waals surface area (Å²) in [4.78, 5) is 18.5. The molecule has 2 aliphatic heterocycles. The maximum Gasteiger partial charge on any atom is 0.252 e. The first kappa shape index (κ1) is 19.4. The average Bonchev–Trinajstić information content (AvgIpc) is 3.09. The topological polar surface area (TPSA) is 66.8 Å². The molecule has 2 aromatic carbocycles. The Bertz CT molecular complexity index is 1060. The summed E-state index contributed by atoms with van der Waals surface area (Å²) in [6, 6.07) is 12.5. The number of benzene rings is 2. The Kier molecular flexibility index (Phi) is 5.20. The standard InChI is InChI=1S/C19H16ClFN2O3S2/c20-15-4-2-1-3-12(15)9-18(24)22-19-23(14-7-5-13(21)6-8-14)16-10-28(25,26)11-17(16)27-19/h1-8,16-17H,9-11H2/t16-,17-/m0/s1. The van der Waals surface area contributed by atoms with Crippen LogP contribution in [0.25, 0.3) is 0 Å². The SMILES string of the molecule is O=C(Cc1ccccc1Cl)N=C1S[C@H]2CS(=O)(=O)C[C@@H]2N1c1ccc(F)cc1. The van der Waals surface area contributed by atoms with Gasteiger partial charge < -0.3 is 4.90 Å². The molecular weight excluding hydrogens is 423 g/mol. The number of halogens is 2. The fourth-order valence-corrected chi connectivity index (χ4v) is 7.55. The average molecular weight is 439 g/mol. The van der Waals surface area contributed by atoms with E-state index in [1.807, 2.05) is 0 Å². The van der Waals surface area contributed by atoms with Crippen LogP contribution in [0.1, 0.15) is 5.56 Å². The summed E-state index contributed by atoms with van der Waals surface area (Å²) in [5.74, 6) is -0.734. The minimum atomic E-state index is -3.15. The highest BCUT2D eigenvalue weighted by Crippen LogP contribution is 2.41. The number of hydrogen-bond acceptors (Lipinski definition) is 4. The third-order valence-corrected chi connectivity index (χ3v) is 8.27. The zero-order chi connectivity index (χ0) is 19.9. The van der Waals surface area contributed by atoms with E-state index < -0.39 is 9.84 Å². The molecule has 0 N–H and O–H groups in total. The molecule has 0 radical (unpaired) electrons. The van der Waals surface area contributed by atoms with Crippen LogP contribution in [-0.4, -0.2) is 42.3 Å². The zero-order valence-corrected chi connectivity index (χ0v) is 17.0. The van der Waals surface area contributed by atoms with Gasteiger partial charge in [0.1, 0.15) is 5.82 Å². The maximum atomic E-state index is 13.3. The van der Waals surface area contributed by atoms with E-state index in [1.165, 1.54) is 23.9 Å². The third-order valence-electron chi connectivity index (χ3n) is 4.69. The second-order valence-corrected chi connectivity index (χ2v) is 10.5. The van der Waals surface area contributed by atoms with Crippen molar-refractivity contribution in [3.63, 3.8) is 0 Å². The van der Waals surface area contributed by atoms with Crippen molar-refractivity contribution in [2.45, 2.75) is 17.7 Å². The lowest BCUT2D eigenvalue weighted by Crippen LogP contribution is -2.37. The Morgan fingerprint density at radius 3 is 2.61 bits per heavy atom. The van der Waals surface area contributed by atoms with Crippen molar-refractivity contribution < 1.29 is 17.6 Å². The largest absolute Gasteiger partial charge is 0.316 e. The first-order valence-electron chi connectivity index (χ1n) is 8.59. The van der Waals surface area contributed by atoms with Gasteiger partial charge in [-0.1, -0.05) is 41.6 Å². The molecule has 5 nitrogen and oxygen atoms in total. The van der Waals surface area contributed by atoms with Crippen LogP contribution < -0.4 is 4.90 Å². The number of nitrogens with zero attached hydrogens (tertiary/aromatic N) is 2. The van der Waals surface area contributed by atoms with Crippen molar-refractivity contribution in [3.05, 3.63) is 64.9 Å². The summed E-state index contributed by atoms with van der Waals surface area (Å²) >= 11 is 7.40. The molecular formula is C19H16ClFN2O3S2. The van der Waals surface area contributed by atoms with Crippen LogP contribution in [0.2, 0.25) is 5.02 Å². The van der Waals surface area contributed by atoms with E-state index in [1.54, 1.807) is 41.3 Å². The maximum absolute atomic E-state index is 13.3. The molecule has 2 aromatic rings. The van der Waals surface area contributed by atoms with Crippen LogP contribution in [0.4, 0.5) is 10.1 Å². The summed E-state index contributed by atoms with van der Waals surface area (Å²) in [5.41, 5.74) is 1.29. The molecule has 0 saturated carbocycles. The van der Waals surface area contributed by atoms with Gasteiger partial charge in [0.15, 0.2) is 15.0 Å². The number of amidine groups is 1. The molecule has 2 fully saturated rings. The van der Waals surface area contributed by atoms with Gasteiger partial charge in [0.25, 0.3) is 5.91 Å². The molecule has 0 aromatic heterocycles. The molecule has 2 atom stereocenters. The van der Waals surface area contributed by atoms with Crippen LogP contribution in [0.5, 0.6) is 0 Å².